The van der Waals surface area contributed by atoms with Gasteiger partial charge in [0.1, 0.15) is 0 Å². The number of benzene rings is 1. The van der Waals surface area contributed by atoms with E-state index in [-0.39, 0.29) is 11.5 Å². The Hall–Kier alpha value is -1.40. The molecule has 0 spiro atoms. The van der Waals surface area contributed by atoms with Crippen LogP contribution in [0.25, 0.3) is 0 Å². The molecule has 0 atom stereocenters. The summed E-state index contributed by atoms with van der Waals surface area (Å²) in [4.78, 5) is 24.2. The molecular formula is C13H17BrN2O3. The summed E-state index contributed by atoms with van der Waals surface area (Å²) in [6, 6.07) is 4.90. The van der Waals surface area contributed by atoms with Crippen molar-refractivity contribution in [1.82, 2.24) is 10.2 Å². The van der Waals surface area contributed by atoms with E-state index in [1.807, 2.05) is 11.8 Å². The zero-order valence-electron chi connectivity index (χ0n) is 10.9. The SMILES string of the molecule is CCN(CC(=O)NC)Cc1ccc(C(=O)O)cc1Br. The van der Waals surface area contributed by atoms with Crippen molar-refractivity contribution in [2.45, 2.75) is 13.5 Å². The first kappa shape index (κ1) is 15.7. The summed E-state index contributed by atoms with van der Waals surface area (Å²) in [5.74, 6) is -0.995. The lowest BCUT2D eigenvalue weighted by molar-refractivity contribution is -0.121. The van der Waals surface area contributed by atoms with Gasteiger partial charge in [-0.05, 0) is 24.2 Å². The zero-order valence-corrected chi connectivity index (χ0v) is 12.5. The van der Waals surface area contributed by atoms with Gasteiger partial charge in [-0.3, -0.25) is 9.69 Å². The first-order valence-electron chi connectivity index (χ1n) is 5.92. The van der Waals surface area contributed by atoms with Gasteiger partial charge >= 0.3 is 5.97 Å². The second kappa shape index (κ2) is 7.25. The number of nitrogens with one attached hydrogen (secondary N) is 1. The lowest BCUT2D eigenvalue weighted by atomic mass is 10.1. The fourth-order valence-electron chi connectivity index (χ4n) is 1.61. The summed E-state index contributed by atoms with van der Waals surface area (Å²) >= 11 is 3.37. The van der Waals surface area contributed by atoms with Gasteiger partial charge in [0.2, 0.25) is 5.91 Å². The molecule has 1 aromatic carbocycles. The summed E-state index contributed by atoms with van der Waals surface area (Å²) in [6.45, 7) is 3.62. The van der Waals surface area contributed by atoms with Crippen molar-refractivity contribution in [2.24, 2.45) is 0 Å². The zero-order chi connectivity index (χ0) is 14.4. The average Bonchev–Trinajstić information content (AvgIpc) is 2.39. The normalized spacial score (nSPS) is 10.5. The third kappa shape index (κ3) is 4.65. The van der Waals surface area contributed by atoms with Crippen molar-refractivity contribution in [2.75, 3.05) is 20.1 Å². The molecule has 0 heterocycles. The Morgan fingerprint density at radius 2 is 2.11 bits per heavy atom. The molecule has 6 heteroatoms. The summed E-state index contributed by atoms with van der Waals surface area (Å²) in [6.07, 6.45) is 0. The van der Waals surface area contributed by atoms with Gasteiger partial charge in [0.15, 0.2) is 0 Å². The van der Waals surface area contributed by atoms with E-state index < -0.39 is 5.97 Å². The highest BCUT2D eigenvalue weighted by Crippen LogP contribution is 2.20. The molecule has 0 bridgehead atoms. The number of hydrogen-bond donors (Lipinski definition) is 2. The van der Waals surface area contributed by atoms with Crippen molar-refractivity contribution in [3.63, 3.8) is 0 Å². The molecule has 1 rings (SSSR count). The summed E-state index contributed by atoms with van der Waals surface area (Å²) in [5.41, 5.74) is 1.20. The minimum Gasteiger partial charge on any atom is -0.478 e. The Morgan fingerprint density at radius 3 is 2.58 bits per heavy atom. The fourth-order valence-corrected chi connectivity index (χ4v) is 2.12. The van der Waals surface area contributed by atoms with Gasteiger partial charge in [-0.15, -0.1) is 0 Å². The third-order valence-corrected chi connectivity index (χ3v) is 3.53. The van der Waals surface area contributed by atoms with Crippen molar-refractivity contribution < 1.29 is 14.7 Å². The van der Waals surface area contributed by atoms with E-state index in [9.17, 15) is 9.59 Å². The van der Waals surface area contributed by atoms with Crippen LogP contribution in [0, 0.1) is 0 Å². The topological polar surface area (TPSA) is 69.6 Å². The maximum atomic E-state index is 11.4. The van der Waals surface area contributed by atoms with Crippen LogP contribution in [0.15, 0.2) is 22.7 Å². The van der Waals surface area contributed by atoms with Crippen molar-refractivity contribution in [3.8, 4) is 0 Å². The Morgan fingerprint density at radius 1 is 1.42 bits per heavy atom. The smallest absolute Gasteiger partial charge is 0.335 e. The van der Waals surface area contributed by atoms with Crippen LogP contribution in [0.5, 0.6) is 0 Å². The second-order valence-electron chi connectivity index (χ2n) is 4.09. The van der Waals surface area contributed by atoms with Crippen LogP contribution < -0.4 is 5.32 Å². The molecule has 104 valence electrons. The van der Waals surface area contributed by atoms with Crippen LogP contribution in [0.2, 0.25) is 0 Å². The minimum atomic E-state index is -0.954. The predicted molar refractivity (Wildman–Crippen MR) is 76.1 cm³/mol. The molecule has 0 unspecified atom stereocenters. The van der Waals surface area contributed by atoms with E-state index in [1.54, 1.807) is 25.2 Å². The highest BCUT2D eigenvalue weighted by molar-refractivity contribution is 9.10. The van der Waals surface area contributed by atoms with Crippen LogP contribution in [-0.2, 0) is 11.3 Å². The molecule has 0 radical (unpaired) electrons. The molecule has 2 N–H and O–H groups in total. The number of likely N-dealkylation sites (N-methyl/N-ethyl adjacent to an activating group) is 2. The number of nitrogens with zero attached hydrogens (tertiary/aromatic N) is 1. The third-order valence-electron chi connectivity index (χ3n) is 2.79. The van der Waals surface area contributed by atoms with Crippen LogP contribution in [0.3, 0.4) is 0 Å². The molecule has 0 fully saturated rings. The Balaban J connectivity index is 2.80. The summed E-state index contributed by atoms with van der Waals surface area (Å²) < 4.78 is 0.739. The lowest BCUT2D eigenvalue weighted by Gasteiger charge is -2.20. The van der Waals surface area contributed by atoms with Crippen LogP contribution in [-0.4, -0.2) is 42.0 Å². The van der Waals surface area contributed by atoms with Crippen LogP contribution in [0.4, 0.5) is 0 Å². The van der Waals surface area contributed by atoms with Gasteiger partial charge in [0, 0.05) is 18.1 Å². The second-order valence-corrected chi connectivity index (χ2v) is 4.94. The number of aromatic carboxylic acids is 1. The molecule has 0 aliphatic carbocycles. The molecule has 0 aromatic heterocycles. The monoisotopic (exact) mass is 328 g/mol. The van der Waals surface area contributed by atoms with Gasteiger partial charge in [-0.2, -0.15) is 0 Å². The van der Waals surface area contributed by atoms with E-state index in [0.717, 1.165) is 16.6 Å². The van der Waals surface area contributed by atoms with Gasteiger partial charge < -0.3 is 10.4 Å². The number of hydrogen-bond acceptors (Lipinski definition) is 3. The molecule has 0 aliphatic heterocycles. The maximum absolute atomic E-state index is 11.4. The van der Waals surface area contributed by atoms with Crippen molar-refractivity contribution in [3.05, 3.63) is 33.8 Å². The summed E-state index contributed by atoms with van der Waals surface area (Å²) in [7, 11) is 1.60. The van der Waals surface area contributed by atoms with Gasteiger partial charge in [-0.1, -0.05) is 28.9 Å². The molecule has 1 aromatic rings. The van der Waals surface area contributed by atoms with E-state index in [4.69, 9.17) is 5.11 Å². The first-order chi connectivity index (χ1) is 8.97. The van der Waals surface area contributed by atoms with Crippen molar-refractivity contribution in [1.29, 1.82) is 0 Å². The maximum Gasteiger partial charge on any atom is 0.335 e. The molecule has 5 nitrogen and oxygen atoms in total. The molecule has 0 saturated carbocycles. The van der Waals surface area contributed by atoms with E-state index in [0.29, 0.717) is 13.1 Å². The average molecular weight is 329 g/mol. The highest BCUT2D eigenvalue weighted by Gasteiger charge is 2.12. The minimum absolute atomic E-state index is 0.0415. The number of carbonyl (C=O) groups is 2. The number of amides is 1. The quantitative estimate of drug-likeness (QED) is 0.834. The Labute approximate surface area is 120 Å². The Bertz CT molecular complexity index is 477. The molecule has 0 saturated heterocycles. The number of carboxylic acids is 1. The Kier molecular flexibility index (Phi) is 5.98. The highest BCUT2D eigenvalue weighted by atomic mass is 79.9. The molecular weight excluding hydrogens is 312 g/mol. The lowest BCUT2D eigenvalue weighted by Crippen LogP contribution is -2.35. The predicted octanol–water partition coefficient (Wildman–Crippen LogP) is 1.72. The molecule has 0 aliphatic rings. The fraction of sp³-hybridized carbons (Fsp3) is 0.385. The van der Waals surface area contributed by atoms with Gasteiger partial charge in [0.25, 0.3) is 0 Å². The van der Waals surface area contributed by atoms with E-state index in [2.05, 4.69) is 21.2 Å². The van der Waals surface area contributed by atoms with E-state index >= 15 is 0 Å². The largest absolute Gasteiger partial charge is 0.478 e. The van der Waals surface area contributed by atoms with E-state index in [1.165, 1.54) is 0 Å². The van der Waals surface area contributed by atoms with Crippen LogP contribution in [0.1, 0.15) is 22.8 Å². The first-order valence-corrected chi connectivity index (χ1v) is 6.71. The summed E-state index contributed by atoms with van der Waals surface area (Å²) in [5, 5.41) is 11.5. The number of halogens is 1. The van der Waals surface area contributed by atoms with Crippen LogP contribution >= 0.6 is 15.9 Å². The molecule has 19 heavy (non-hydrogen) atoms. The molecule has 1 amide bonds. The van der Waals surface area contributed by atoms with Crippen molar-refractivity contribution >= 4 is 27.8 Å². The number of carbonyl (C=O) groups excluding carboxylic acids is 1. The number of carboxylic acid groups (broad SMARTS) is 1. The van der Waals surface area contributed by atoms with Gasteiger partial charge in [-0.25, -0.2) is 4.79 Å². The standard InChI is InChI=1S/C13H17BrN2O3/c1-3-16(8-12(17)15-2)7-10-5-4-9(13(18)19)6-11(10)14/h4-6H,3,7-8H2,1-2H3,(H,15,17)(H,18,19). The van der Waals surface area contributed by atoms with Gasteiger partial charge in [0.05, 0.1) is 12.1 Å². The number of rotatable bonds is 6.